The average molecular weight is 477 g/mol. The maximum atomic E-state index is 13.0. The summed E-state index contributed by atoms with van der Waals surface area (Å²) in [6.07, 6.45) is 2.35. The average Bonchev–Trinajstić information content (AvgIpc) is 2.75. The van der Waals surface area contributed by atoms with E-state index in [-0.39, 0.29) is 30.0 Å². The van der Waals surface area contributed by atoms with Crippen molar-refractivity contribution < 1.29 is 9.53 Å². The Morgan fingerprint density at radius 3 is 2.71 bits per heavy atom. The molecule has 3 aromatic rings. The molecule has 2 aromatic carbocycles. The van der Waals surface area contributed by atoms with Crippen LogP contribution in [0.3, 0.4) is 0 Å². The minimum Gasteiger partial charge on any atom is -0.455 e. The van der Waals surface area contributed by atoms with Crippen molar-refractivity contribution in [2.45, 2.75) is 13.0 Å². The topological polar surface area (TPSA) is 79.4 Å². The number of amides is 1. The lowest BCUT2D eigenvalue weighted by Crippen LogP contribution is -2.39. The predicted octanol–water partition coefficient (Wildman–Crippen LogP) is 4.82. The molecule has 0 radical (unpaired) electrons. The van der Waals surface area contributed by atoms with Crippen LogP contribution in [0.5, 0.6) is 5.88 Å². The fourth-order valence-corrected chi connectivity index (χ4v) is 4.48. The maximum absolute atomic E-state index is 13.0. The maximum Gasteiger partial charge on any atom is 0.268 e. The van der Waals surface area contributed by atoms with Gasteiger partial charge in [0.15, 0.2) is 6.73 Å². The molecule has 5 rings (SSSR count). The van der Waals surface area contributed by atoms with Crippen LogP contribution >= 0.6 is 34.8 Å². The Balaban J connectivity index is 1.42. The molecule has 1 amide bonds. The van der Waals surface area contributed by atoms with Crippen molar-refractivity contribution >= 4 is 58.0 Å². The van der Waals surface area contributed by atoms with Gasteiger partial charge in [0.2, 0.25) is 11.8 Å². The van der Waals surface area contributed by atoms with Crippen LogP contribution in [0.25, 0.3) is 0 Å². The van der Waals surface area contributed by atoms with Crippen LogP contribution in [0.1, 0.15) is 21.5 Å². The fourth-order valence-electron chi connectivity index (χ4n) is 3.64. The van der Waals surface area contributed by atoms with Crippen LogP contribution in [0.4, 0.5) is 17.3 Å². The van der Waals surface area contributed by atoms with Crippen LogP contribution in [0.2, 0.25) is 15.1 Å². The number of hydrogen-bond donors (Lipinski definition) is 2. The normalized spacial score (nSPS) is 15.2. The molecule has 2 aliphatic heterocycles. The molecule has 0 saturated heterocycles. The van der Waals surface area contributed by atoms with Gasteiger partial charge >= 0.3 is 0 Å². The first-order valence-corrected chi connectivity index (χ1v) is 10.7. The van der Waals surface area contributed by atoms with Crippen molar-refractivity contribution in [2.24, 2.45) is 0 Å². The third kappa shape index (κ3) is 3.78. The van der Waals surface area contributed by atoms with E-state index in [9.17, 15) is 4.79 Å². The summed E-state index contributed by atoms with van der Waals surface area (Å²) in [5.41, 5.74) is 3.70. The van der Waals surface area contributed by atoms with Crippen LogP contribution in [-0.2, 0) is 13.0 Å². The number of carbonyl (C=O) groups is 1. The van der Waals surface area contributed by atoms with E-state index in [2.05, 4.69) is 20.6 Å². The van der Waals surface area contributed by atoms with Crippen molar-refractivity contribution in [2.75, 3.05) is 23.5 Å². The number of aromatic nitrogens is 2. The Bertz CT molecular complexity index is 1180. The fraction of sp³-hybridized carbons (Fsp3) is 0.190. The summed E-state index contributed by atoms with van der Waals surface area (Å²) in [7, 11) is 0. The van der Waals surface area contributed by atoms with E-state index in [1.807, 2.05) is 12.1 Å². The van der Waals surface area contributed by atoms with Gasteiger partial charge in [-0.15, -0.1) is 0 Å². The zero-order valence-corrected chi connectivity index (χ0v) is 18.4. The zero-order chi connectivity index (χ0) is 21.5. The van der Waals surface area contributed by atoms with E-state index < -0.39 is 0 Å². The van der Waals surface area contributed by atoms with Crippen molar-refractivity contribution in [1.29, 1.82) is 0 Å². The summed E-state index contributed by atoms with van der Waals surface area (Å²) in [5.74, 6) is 0.111. The van der Waals surface area contributed by atoms with Crippen LogP contribution < -0.4 is 20.3 Å². The number of nitrogens with one attached hydrogen (secondary N) is 2. The molecule has 0 aliphatic carbocycles. The van der Waals surface area contributed by atoms with Gasteiger partial charge in [-0.3, -0.25) is 9.69 Å². The summed E-state index contributed by atoms with van der Waals surface area (Å²) in [5, 5.41) is 7.74. The summed E-state index contributed by atoms with van der Waals surface area (Å²) >= 11 is 18.9. The molecular formula is C21H16Cl3N5O2. The molecule has 2 aliphatic rings. The molecule has 1 aromatic heterocycles. The van der Waals surface area contributed by atoms with E-state index in [0.717, 1.165) is 19.5 Å². The Hall–Kier alpha value is -2.58. The first-order valence-electron chi connectivity index (χ1n) is 9.56. The molecule has 0 spiro atoms. The third-order valence-electron chi connectivity index (χ3n) is 5.19. The number of fused-ring (bicyclic) bond motifs is 2. The van der Waals surface area contributed by atoms with E-state index in [1.54, 1.807) is 18.2 Å². The second-order valence-corrected chi connectivity index (χ2v) is 8.36. The highest BCUT2D eigenvalue weighted by Gasteiger charge is 2.31. The highest BCUT2D eigenvalue weighted by molar-refractivity contribution is 6.40. The Labute approximate surface area is 193 Å². The van der Waals surface area contributed by atoms with Gasteiger partial charge in [-0.05, 0) is 48.4 Å². The summed E-state index contributed by atoms with van der Waals surface area (Å²) in [6.45, 7) is 1.65. The van der Waals surface area contributed by atoms with Gasteiger partial charge in [-0.25, -0.2) is 4.98 Å². The predicted molar refractivity (Wildman–Crippen MR) is 121 cm³/mol. The van der Waals surface area contributed by atoms with Crippen LogP contribution in [-0.4, -0.2) is 29.2 Å². The largest absolute Gasteiger partial charge is 0.455 e. The van der Waals surface area contributed by atoms with Crippen LogP contribution in [0, 0.1) is 0 Å². The molecule has 0 atom stereocenters. The highest BCUT2D eigenvalue weighted by atomic mass is 35.5. The first kappa shape index (κ1) is 20.3. The Morgan fingerprint density at radius 1 is 1.10 bits per heavy atom. The second kappa shape index (κ2) is 8.16. The van der Waals surface area contributed by atoms with Gasteiger partial charge in [0.1, 0.15) is 5.56 Å². The van der Waals surface area contributed by atoms with Gasteiger partial charge in [0.25, 0.3) is 5.91 Å². The molecule has 0 bridgehead atoms. The monoisotopic (exact) mass is 475 g/mol. The standard InChI is InChI=1S/C21H16Cl3N5O2/c22-14-2-1-3-15(23)18(14)29-10-31-19-13(20(29)30)9-26-21(28-19)27-17-7-12-8-25-5-4-11(12)6-16(17)24/h1-3,6-7,9,25H,4-5,8,10H2,(H,26,27,28). The molecule has 0 fully saturated rings. The minimum absolute atomic E-state index is 0.0724. The van der Waals surface area contributed by atoms with Gasteiger partial charge < -0.3 is 15.4 Å². The zero-order valence-electron chi connectivity index (χ0n) is 16.1. The van der Waals surface area contributed by atoms with Gasteiger partial charge in [-0.1, -0.05) is 40.9 Å². The molecule has 2 N–H and O–H groups in total. The van der Waals surface area contributed by atoms with Gasteiger partial charge in [0.05, 0.1) is 26.4 Å². The van der Waals surface area contributed by atoms with Crippen molar-refractivity contribution in [1.82, 2.24) is 15.3 Å². The quantitative estimate of drug-likeness (QED) is 0.564. The van der Waals surface area contributed by atoms with E-state index >= 15 is 0 Å². The number of ether oxygens (including phenoxy) is 1. The van der Waals surface area contributed by atoms with Gasteiger partial charge in [-0.2, -0.15) is 4.98 Å². The smallest absolute Gasteiger partial charge is 0.268 e. The minimum atomic E-state index is -0.347. The summed E-state index contributed by atoms with van der Waals surface area (Å²) < 4.78 is 5.72. The Kier molecular flexibility index (Phi) is 5.35. The summed E-state index contributed by atoms with van der Waals surface area (Å²) in [4.78, 5) is 23.0. The number of rotatable bonds is 3. The number of carbonyl (C=O) groups excluding carboxylic acids is 1. The number of halogens is 3. The molecule has 0 unspecified atom stereocenters. The first-order chi connectivity index (χ1) is 15.0. The number of hydrogen-bond acceptors (Lipinski definition) is 6. The Morgan fingerprint density at radius 2 is 1.90 bits per heavy atom. The molecule has 158 valence electrons. The lowest BCUT2D eigenvalue weighted by molar-refractivity contribution is 0.0932. The van der Waals surface area contributed by atoms with Crippen molar-refractivity contribution in [3.63, 3.8) is 0 Å². The van der Waals surface area contributed by atoms with E-state index in [0.29, 0.717) is 26.4 Å². The van der Waals surface area contributed by atoms with E-state index in [4.69, 9.17) is 39.5 Å². The number of benzene rings is 2. The SMILES string of the molecule is O=C1c2cnc(Nc3cc4c(cc3Cl)CCNC4)nc2OCN1c1c(Cl)cccc1Cl. The molecule has 3 heterocycles. The molecule has 0 saturated carbocycles. The number of anilines is 3. The molecular weight excluding hydrogens is 461 g/mol. The van der Waals surface area contributed by atoms with Crippen LogP contribution in [0.15, 0.2) is 36.5 Å². The van der Waals surface area contributed by atoms with E-state index in [1.165, 1.54) is 22.2 Å². The molecule has 7 nitrogen and oxygen atoms in total. The lowest BCUT2D eigenvalue weighted by Gasteiger charge is -2.29. The number of nitrogens with zero attached hydrogens (tertiary/aromatic N) is 3. The van der Waals surface area contributed by atoms with Crippen molar-refractivity contribution in [3.8, 4) is 5.88 Å². The second-order valence-electron chi connectivity index (χ2n) is 7.14. The lowest BCUT2D eigenvalue weighted by atomic mass is 10.0. The highest BCUT2D eigenvalue weighted by Crippen LogP contribution is 2.37. The number of para-hydroxylation sites is 1. The molecule has 31 heavy (non-hydrogen) atoms. The van der Waals surface area contributed by atoms with Crippen molar-refractivity contribution in [3.05, 3.63) is 68.3 Å². The third-order valence-corrected chi connectivity index (χ3v) is 6.11. The van der Waals surface area contributed by atoms with Gasteiger partial charge in [0, 0.05) is 12.7 Å². The molecule has 10 heteroatoms. The summed E-state index contributed by atoms with van der Waals surface area (Å²) in [6, 6.07) is 8.98.